The summed E-state index contributed by atoms with van der Waals surface area (Å²) in [6.45, 7) is 6.57. The van der Waals surface area contributed by atoms with Gasteiger partial charge in [-0.3, -0.25) is 14.4 Å². The minimum Gasteiger partial charge on any atom is -0.455 e. The van der Waals surface area contributed by atoms with E-state index in [4.69, 9.17) is 4.74 Å². The maximum Gasteiger partial charge on any atom is 0.309 e. The van der Waals surface area contributed by atoms with Crippen molar-refractivity contribution >= 4 is 33.7 Å². The Kier molecular flexibility index (Phi) is 7.41. The van der Waals surface area contributed by atoms with Gasteiger partial charge in [0.25, 0.3) is 11.8 Å². The molecule has 1 aromatic carbocycles. The fraction of sp³-hybridized carbons (Fsp3) is 0.550. The van der Waals surface area contributed by atoms with Crippen molar-refractivity contribution in [1.82, 2.24) is 10.2 Å². The number of halogens is 1. The zero-order valence-corrected chi connectivity index (χ0v) is 17.7. The number of ether oxygens (including phenoxy) is 1. The number of benzene rings is 1. The van der Waals surface area contributed by atoms with Gasteiger partial charge < -0.3 is 15.0 Å². The maximum atomic E-state index is 12.5. The van der Waals surface area contributed by atoms with Gasteiger partial charge in [-0.2, -0.15) is 0 Å². The van der Waals surface area contributed by atoms with Crippen LogP contribution >= 0.6 is 15.9 Å². The van der Waals surface area contributed by atoms with Gasteiger partial charge in [0.2, 0.25) is 0 Å². The van der Waals surface area contributed by atoms with Crippen molar-refractivity contribution in [3.63, 3.8) is 0 Å². The second-order valence-corrected chi connectivity index (χ2v) is 8.38. The van der Waals surface area contributed by atoms with E-state index in [1.165, 1.54) is 0 Å². The number of hydrogen-bond acceptors (Lipinski definition) is 4. The first-order valence-corrected chi connectivity index (χ1v) is 10.0. The summed E-state index contributed by atoms with van der Waals surface area (Å²) < 4.78 is 6.09. The number of nitrogens with one attached hydrogen (secondary N) is 1. The van der Waals surface area contributed by atoms with E-state index in [9.17, 15) is 14.4 Å². The second kappa shape index (κ2) is 9.35. The van der Waals surface area contributed by atoms with Crippen LogP contribution in [0.2, 0.25) is 0 Å². The van der Waals surface area contributed by atoms with E-state index in [-0.39, 0.29) is 35.8 Å². The molecule has 1 aliphatic heterocycles. The number of nitrogens with zero attached hydrogens (tertiary/aromatic N) is 1. The first kappa shape index (κ1) is 21.4. The molecule has 0 aromatic heterocycles. The SMILES string of the molecule is CCC(C)(C)NC(=O)COC(=O)C1CCN(C(=O)c2ccc(Br)cc2)CC1. The van der Waals surface area contributed by atoms with E-state index >= 15 is 0 Å². The van der Waals surface area contributed by atoms with Crippen molar-refractivity contribution in [2.45, 2.75) is 45.6 Å². The van der Waals surface area contributed by atoms with E-state index in [0.717, 1.165) is 10.9 Å². The summed E-state index contributed by atoms with van der Waals surface area (Å²) in [6, 6.07) is 7.23. The normalized spacial score (nSPS) is 15.3. The lowest BCUT2D eigenvalue weighted by Gasteiger charge is -2.31. The third kappa shape index (κ3) is 6.34. The highest BCUT2D eigenvalue weighted by Crippen LogP contribution is 2.21. The largest absolute Gasteiger partial charge is 0.455 e. The molecule has 1 N–H and O–H groups in total. The quantitative estimate of drug-likeness (QED) is 0.692. The smallest absolute Gasteiger partial charge is 0.309 e. The number of carbonyl (C=O) groups is 3. The lowest BCUT2D eigenvalue weighted by Crippen LogP contribution is -2.45. The highest BCUT2D eigenvalue weighted by atomic mass is 79.9. The van der Waals surface area contributed by atoms with Gasteiger partial charge in [-0.15, -0.1) is 0 Å². The van der Waals surface area contributed by atoms with Crippen molar-refractivity contribution in [1.29, 1.82) is 0 Å². The Labute approximate surface area is 168 Å². The summed E-state index contributed by atoms with van der Waals surface area (Å²) in [4.78, 5) is 38.4. The summed E-state index contributed by atoms with van der Waals surface area (Å²) in [6.07, 6.45) is 1.88. The molecule has 0 aliphatic carbocycles. The van der Waals surface area contributed by atoms with Gasteiger partial charge >= 0.3 is 5.97 Å². The van der Waals surface area contributed by atoms with Crippen LogP contribution in [0.3, 0.4) is 0 Å². The van der Waals surface area contributed by atoms with Crippen LogP contribution in [0.15, 0.2) is 28.7 Å². The topological polar surface area (TPSA) is 75.7 Å². The monoisotopic (exact) mass is 438 g/mol. The van der Waals surface area contributed by atoms with Crippen LogP contribution in [0.25, 0.3) is 0 Å². The Morgan fingerprint density at radius 1 is 1.19 bits per heavy atom. The van der Waals surface area contributed by atoms with Gasteiger partial charge in [-0.1, -0.05) is 22.9 Å². The summed E-state index contributed by atoms with van der Waals surface area (Å²) in [7, 11) is 0. The Morgan fingerprint density at radius 2 is 1.78 bits per heavy atom. The summed E-state index contributed by atoms with van der Waals surface area (Å²) in [5, 5.41) is 2.84. The van der Waals surface area contributed by atoms with E-state index in [1.54, 1.807) is 17.0 Å². The molecule has 0 spiro atoms. The predicted molar refractivity (Wildman–Crippen MR) is 106 cm³/mol. The van der Waals surface area contributed by atoms with Gasteiger partial charge in [0.1, 0.15) is 0 Å². The molecule has 148 valence electrons. The number of esters is 1. The average molecular weight is 439 g/mol. The minimum absolute atomic E-state index is 0.0320. The molecule has 27 heavy (non-hydrogen) atoms. The number of likely N-dealkylation sites (tertiary alicyclic amines) is 1. The van der Waals surface area contributed by atoms with Crippen LogP contribution in [0.1, 0.15) is 50.4 Å². The number of piperidine rings is 1. The van der Waals surface area contributed by atoms with Crippen LogP contribution in [0.4, 0.5) is 0 Å². The first-order chi connectivity index (χ1) is 12.7. The van der Waals surface area contributed by atoms with E-state index in [0.29, 0.717) is 31.5 Å². The predicted octanol–water partition coefficient (Wildman–Crippen LogP) is 3.15. The number of rotatable bonds is 6. The minimum atomic E-state index is -0.366. The maximum absolute atomic E-state index is 12.5. The van der Waals surface area contributed by atoms with E-state index < -0.39 is 0 Å². The zero-order chi connectivity index (χ0) is 20.0. The Morgan fingerprint density at radius 3 is 2.33 bits per heavy atom. The third-order valence-corrected chi connectivity index (χ3v) is 5.44. The number of hydrogen-bond donors (Lipinski definition) is 1. The van der Waals surface area contributed by atoms with Gasteiger partial charge in [0.15, 0.2) is 6.61 Å². The molecular formula is C20H27BrN2O4. The summed E-state index contributed by atoms with van der Waals surface area (Å²) >= 11 is 3.35. The van der Waals surface area contributed by atoms with Crippen LogP contribution in [-0.4, -0.2) is 47.9 Å². The second-order valence-electron chi connectivity index (χ2n) is 7.47. The molecular weight excluding hydrogens is 412 g/mol. The van der Waals surface area contributed by atoms with Gasteiger partial charge in [0.05, 0.1) is 5.92 Å². The lowest BCUT2D eigenvalue weighted by molar-refractivity contribution is -0.154. The van der Waals surface area contributed by atoms with Crippen LogP contribution in [0.5, 0.6) is 0 Å². The number of amides is 2. The molecule has 2 rings (SSSR count). The summed E-state index contributed by atoms with van der Waals surface area (Å²) in [5.41, 5.74) is 0.316. The van der Waals surface area contributed by atoms with E-state index in [2.05, 4.69) is 21.2 Å². The molecule has 7 heteroatoms. The van der Waals surface area contributed by atoms with Gasteiger partial charge in [0, 0.05) is 28.7 Å². The molecule has 0 atom stereocenters. The molecule has 1 aliphatic rings. The van der Waals surface area contributed by atoms with E-state index in [1.807, 2.05) is 32.9 Å². The molecule has 6 nitrogen and oxygen atoms in total. The Balaban J connectivity index is 1.77. The Bertz CT molecular complexity index is 680. The van der Waals surface area contributed by atoms with Crippen LogP contribution in [0, 0.1) is 5.92 Å². The fourth-order valence-electron chi connectivity index (χ4n) is 2.85. The van der Waals surface area contributed by atoms with Gasteiger partial charge in [-0.25, -0.2) is 0 Å². The molecule has 1 fully saturated rings. The van der Waals surface area contributed by atoms with Crippen molar-refractivity contribution in [2.75, 3.05) is 19.7 Å². The Hall–Kier alpha value is -1.89. The third-order valence-electron chi connectivity index (χ3n) is 4.91. The molecule has 2 amide bonds. The van der Waals surface area contributed by atoms with Crippen molar-refractivity contribution < 1.29 is 19.1 Å². The zero-order valence-electron chi connectivity index (χ0n) is 16.1. The van der Waals surface area contributed by atoms with Crippen molar-refractivity contribution in [2.24, 2.45) is 5.92 Å². The highest BCUT2D eigenvalue weighted by Gasteiger charge is 2.29. The molecule has 0 saturated carbocycles. The van der Waals surface area contributed by atoms with Gasteiger partial charge in [-0.05, 0) is 57.4 Å². The average Bonchev–Trinajstić information content (AvgIpc) is 2.66. The lowest BCUT2D eigenvalue weighted by atomic mass is 9.96. The molecule has 0 unspecified atom stereocenters. The van der Waals surface area contributed by atoms with Crippen molar-refractivity contribution in [3.05, 3.63) is 34.3 Å². The van der Waals surface area contributed by atoms with Crippen molar-refractivity contribution in [3.8, 4) is 0 Å². The first-order valence-electron chi connectivity index (χ1n) is 9.24. The highest BCUT2D eigenvalue weighted by molar-refractivity contribution is 9.10. The van der Waals surface area contributed by atoms with Crippen LogP contribution in [-0.2, 0) is 14.3 Å². The molecule has 1 saturated heterocycles. The molecule has 0 radical (unpaired) electrons. The summed E-state index contributed by atoms with van der Waals surface area (Å²) in [5.74, 6) is -0.963. The molecule has 0 bridgehead atoms. The molecule has 1 heterocycles. The fourth-order valence-corrected chi connectivity index (χ4v) is 3.11. The number of carbonyl (C=O) groups excluding carboxylic acids is 3. The standard InChI is InChI=1S/C20H27BrN2O4/c1-4-20(2,3)22-17(24)13-27-19(26)15-9-11-23(12-10-15)18(25)14-5-7-16(21)8-6-14/h5-8,15H,4,9-13H2,1-3H3,(H,22,24). The molecule has 1 aromatic rings. The van der Waals surface area contributed by atoms with Crippen LogP contribution < -0.4 is 5.32 Å².